The Balaban J connectivity index is 1.87. The lowest BCUT2D eigenvalue weighted by molar-refractivity contribution is -0.132. The number of rotatable bonds is 7. The third-order valence-corrected chi connectivity index (χ3v) is 4.46. The highest BCUT2D eigenvalue weighted by Crippen LogP contribution is 2.28. The van der Waals surface area contributed by atoms with Gasteiger partial charge in [-0.25, -0.2) is 4.39 Å². The smallest absolute Gasteiger partial charge is 0.271 e. The van der Waals surface area contributed by atoms with Crippen LogP contribution in [0.2, 0.25) is 0 Å². The molecule has 1 amide bonds. The topological polar surface area (TPSA) is 49.3 Å². The minimum absolute atomic E-state index is 0.143. The van der Waals surface area contributed by atoms with E-state index in [0.717, 1.165) is 11.1 Å². The summed E-state index contributed by atoms with van der Waals surface area (Å²) in [6.07, 6.45) is -0.797. The van der Waals surface area contributed by atoms with Gasteiger partial charge in [0.25, 0.3) is 10.5 Å². The van der Waals surface area contributed by atoms with Crippen molar-refractivity contribution in [3.8, 4) is 0 Å². The molecule has 0 unspecified atom stereocenters. The van der Waals surface area contributed by atoms with Gasteiger partial charge in [0.15, 0.2) is 0 Å². The summed E-state index contributed by atoms with van der Waals surface area (Å²) >= 11 is 2.73. The van der Waals surface area contributed by atoms with Gasteiger partial charge in [-0.15, -0.1) is 0 Å². The first kappa shape index (κ1) is 17.6. The molecule has 2 atom stereocenters. The largest absolute Gasteiger partial charge is 0.388 e. The van der Waals surface area contributed by atoms with Gasteiger partial charge in [0, 0.05) is 6.54 Å². The molecule has 0 radical (unpaired) electrons. The van der Waals surface area contributed by atoms with E-state index in [1.807, 2.05) is 60.7 Å². The number of carbonyl (C=O) groups excluding carboxylic acids is 1. The van der Waals surface area contributed by atoms with Crippen LogP contribution in [-0.2, 0) is 17.8 Å². The fourth-order valence-corrected chi connectivity index (χ4v) is 2.55. The van der Waals surface area contributed by atoms with Gasteiger partial charge < -0.3 is 10.4 Å². The number of halogens is 2. The summed E-state index contributed by atoms with van der Waals surface area (Å²) < 4.78 is 12.0. The van der Waals surface area contributed by atoms with Crippen molar-refractivity contribution in [3.63, 3.8) is 0 Å². The molecule has 2 aromatic rings. The number of carbonyl (C=O) groups is 1. The Morgan fingerprint density at radius 2 is 1.61 bits per heavy atom. The van der Waals surface area contributed by atoms with E-state index in [1.165, 1.54) is 0 Å². The van der Waals surface area contributed by atoms with Crippen molar-refractivity contribution in [1.29, 1.82) is 0 Å². The second-order valence-electron chi connectivity index (χ2n) is 5.33. The molecule has 2 N–H and O–H groups in total. The van der Waals surface area contributed by atoms with Gasteiger partial charge in [0.2, 0.25) is 0 Å². The summed E-state index contributed by atoms with van der Waals surface area (Å²) in [5, 5.41) is 12.5. The van der Waals surface area contributed by atoms with E-state index < -0.39 is 16.6 Å². The van der Waals surface area contributed by atoms with E-state index in [-0.39, 0.29) is 13.0 Å². The molecule has 0 aliphatic rings. The van der Waals surface area contributed by atoms with Crippen molar-refractivity contribution < 1.29 is 14.3 Å². The molecular weight excluding hydrogens is 361 g/mol. The van der Waals surface area contributed by atoms with Crippen LogP contribution in [0.25, 0.3) is 0 Å². The minimum Gasteiger partial charge on any atom is -0.388 e. The Labute approximate surface area is 143 Å². The van der Waals surface area contributed by atoms with E-state index in [4.69, 9.17) is 0 Å². The van der Waals surface area contributed by atoms with Gasteiger partial charge in [-0.2, -0.15) is 0 Å². The van der Waals surface area contributed by atoms with Crippen LogP contribution in [0.4, 0.5) is 4.39 Å². The Morgan fingerprint density at radius 1 is 1.09 bits per heavy atom. The lowest BCUT2D eigenvalue weighted by atomic mass is 10.0. The molecule has 0 aliphatic heterocycles. The van der Waals surface area contributed by atoms with Crippen LogP contribution in [0.1, 0.15) is 17.5 Å². The monoisotopic (exact) mass is 379 g/mol. The zero-order valence-electron chi connectivity index (χ0n) is 12.6. The quantitative estimate of drug-likeness (QED) is 0.724. The normalized spacial score (nSPS) is 14.7. The lowest BCUT2D eigenvalue weighted by Crippen LogP contribution is -2.47. The second kappa shape index (κ2) is 8.22. The zero-order chi connectivity index (χ0) is 16.7. The molecule has 0 spiro atoms. The first-order chi connectivity index (χ1) is 11.0. The van der Waals surface area contributed by atoms with Crippen molar-refractivity contribution in [1.82, 2.24) is 5.32 Å². The molecule has 23 heavy (non-hydrogen) atoms. The number of aryl methyl sites for hydroxylation is 1. The van der Waals surface area contributed by atoms with Gasteiger partial charge in [-0.3, -0.25) is 4.79 Å². The summed E-state index contributed by atoms with van der Waals surface area (Å²) in [6.45, 7) is 0.211. The summed E-state index contributed by atoms with van der Waals surface area (Å²) in [6, 6.07) is 18.7. The maximum Gasteiger partial charge on any atom is 0.271 e. The van der Waals surface area contributed by atoms with E-state index >= 15 is 0 Å². The average molecular weight is 380 g/mol. The Morgan fingerprint density at radius 3 is 2.17 bits per heavy atom. The molecule has 2 aromatic carbocycles. The maximum absolute atomic E-state index is 14.5. The highest BCUT2D eigenvalue weighted by molar-refractivity contribution is 9.10. The SMILES string of the molecule is O=C(NCc1ccccc1)[C@@](F)(Br)[C@H](O)CCc1ccccc1. The van der Waals surface area contributed by atoms with Crippen molar-refractivity contribution in [2.75, 3.05) is 0 Å². The molecule has 5 heteroatoms. The number of aliphatic hydroxyl groups excluding tert-OH is 1. The number of amides is 1. The predicted octanol–water partition coefficient (Wildman–Crippen LogP) is 3.36. The van der Waals surface area contributed by atoms with Gasteiger partial charge in [0.05, 0.1) is 0 Å². The molecule has 0 heterocycles. The number of nitrogens with one attached hydrogen (secondary N) is 1. The van der Waals surface area contributed by atoms with Crippen LogP contribution in [-0.4, -0.2) is 21.7 Å². The standard InChI is InChI=1S/C18H19BrFNO2/c19-18(20,16(22)12-11-14-7-3-1-4-8-14)17(23)21-13-15-9-5-2-6-10-15/h1-10,16,22H,11-13H2,(H,21,23)/t16-,18-/m1/s1. The van der Waals surface area contributed by atoms with Crippen LogP contribution in [0.15, 0.2) is 60.7 Å². The van der Waals surface area contributed by atoms with Crippen LogP contribution in [0, 0.1) is 0 Å². The highest BCUT2D eigenvalue weighted by atomic mass is 79.9. The fraction of sp³-hybridized carbons (Fsp3) is 0.278. The van der Waals surface area contributed by atoms with Gasteiger partial charge in [-0.1, -0.05) is 60.7 Å². The third kappa shape index (κ3) is 5.15. The summed E-state index contributed by atoms with van der Waals surface area (Å²) in [7, 11) is 0. The molecule has 0 saturated carbocycles. The maximum atomic E-state index is 14.5. The van der Waals surface area contributed by atoms with E-state index in [0.29, 0.717) is 6.42 Å². The summed E-state index contributed by atoms with van der Waals surface area (Å²) in [5.74, 6) is -0.873. The van der Waals surface area contributed by atoms with Gasteiger partial charge in [0.1, 0.15) is 6.10 Å². The number of hydrogen-bond acceptors (Lipinski definition) is 2. The predicted molar refractivity (Wildman–Crippen MR) is 91.8 cm³/mol. The van der Waals surface area contributed by atoms with Crippen LogP contribution < -0.4 is 5.32 Å². The Hall–Kier alpha value is -1.72. The number of hydrogen-bond donors (Lipinski definition) is 2. The Bertz CT molecular complexity index is 619. The zero-order valence-corrected chi connectivity index (χ0v) is 14.2. The molecule has 0 saturated heterocycles. The first-order valence-corrected chi connectivity index (χ1v) is 8.21. The number of benzene rings is 2. The van der Waals surface area contributed by atoms with Crippen molar-refractivity contribution in [2.45, 2.75) is 30.1 Å². The molecule has 0 aliphatic carbocycles. The summed E-state index contributed by atoms with van der Waals surface area (Å²) in [5.41, 5.74) is 1.85. The van der Waals surface area contributed by atoms with Gasteiger partial charge >= 0.3 is 0 Å². The van der Waals surface area contributed by atoms with E-state index in [1.54, 1.807) is 0 Å². The van der Waals surface area contributed by atoms with Crippen molar-refractivity contribution >= 4 is 21.8 Å². The van der Waals surface area contributed by atoms with Crippen molar-refractivity contribution in [2.24, 2.45) is 0 Å². The van der Waals surface area contributed by atoms with Gasteiger partial charge in [-0.05, 0) is 39.9 Å². The van der Waals surface area contributed by atoms with Crippen LogP contribution in [0.5, 0.6) is 0 Å². The molecule has 0 bridgehead atoms. The second-order valence-corrected chi connectivity index (χ2v) is 6.49. The van der Waals surface area contributed by atoms with E-state index in [2.05, 4.69) is 21.2 Å². The molecule has 0 aromatic heterocycles. The summed E-state index contributed by atoms with van der Waals surface area (Å²) in [4.78, 5) is 12.0. The van der Waals surface area contributed by atoms with Crippen LogP contribution >= 0.6 is 15.9 Å². The average Bonchev–Trinajstić information content (AvgIpc) is 2.59. The number of aliphatic hydroxyl groups is 1. The van der Waals surface area contributed by atoms with Crippen molar-refractivity contribution in [3.05, 3.63) is 71.8 Å². The third-order valence-electron chi connectivity index (χ3n) is 3.57. The molecule has 2 rings (SSSR count). The van der Waals surface area contributed by atoms with Crippen LogP contribution in [0.3, 0.4) is 0 Å². The Kier molecular flexibility index (Phi) is 6.30. The van der Waals surface area contributed by atoms with E-state index in [9.17, 15) is 14.3 Å². The minimum atomic E-state index is -2.50. The first-order valence-electron chi connectivity index (χ1n) is 7.42. The fourth-order valence-electron chi connectivity index (χ4n) is 2.18. The molecule has 3 nitrogen and oxygen atoms in total. The molecule has 0 fully saturated rings. The molecule has 122 valence electrons. The highest BCUT2D eigenvalue weighted by Gasteiger charge is 2.42. The lowest BCUT2D eigenvalue weighted by Gasteiger charge is -2.23. The number of alkyl halides is 2. The molecular formula is C18H19BrFNO2.